The average molecular weight is 316 g/mol. The van der Waals surface area contributed by atoms with Crippen molar-refractivity contribution in [3.05, 3.63) is 23.8 Å². The van der Waals surface area contributed by atoms with Crippen molar-refractivity contribution in [2.45, 2.75) is 37.3 Å². The molecule has 0 spiro atoms. The third kappa shape index (κ3) is 3.49. The Kier molecular flexibility index (Phi) is 5.57. The molecule has 1 aliphatic rings. The summed E-state index contributed by atoms with van der Waals surface area (Å²) in [5, 5.41) is 47.8. The van der Waals surface area contributed by atoms with Crippen molar-refractivity contribution in [2.75, 3.05) is 13.7 Å². The number of aliphatic hydroxyl groups excluding tert-OH is 4. The smallest absolute Gasteiger partial charge is 0.187 e. The first kappa shape index (κ1) is 16.9. The van der Waals surface area contributed by atoms with Crippen LogP contribution < -0.4 is 4.74 Å². The zero-order valence-corrected chi connectivity index (χ0v) is 12.0. The largest absolute Gasteiger partial charge is 0.504 e. The molecule has 0 aliphatic carbocycles. The number of aromatic hydroxyl groups is 1. The van der Waals surface area contributed by atoms with E-state index >= 15 is 0 Å². The second-order valence-corrected chi connectivity index (χ2v) is 5.01. The molecule has 1 fully saturated rings. The molecule has 0 radical (unpaired) electrons. The van der Waals surface area contributed by atoms with Crippen molar-refractivity contribution in [2.24, 2.45) is 0 Å². The average Bonchev–Trinajstić information content (AvgIpc) is 2.53. The first-order valence-electron chi connectivity index (χ1n) is 6.76. The molecule has 0 amide bonds. The molecule has 8 heteroatoms. The minimum Gasteiger partial charge on any atom is -0.504 e. The maximum absolute atomic E-state index is 9.84. The second kappa shape index (κ2) is 7.23. The number of hydrogen-bond acceptors (Lipinski definition) is 8. The third-order valence-corrected chi connectivity index (χ3v) is 3.51. The monoisotopic (exact) mass is 316 g/mol. The van der Waals surface area contributed by atoms with E-state index in [0.29, 0.717) is 5.56 Å². The van der Waals surface area contributed by atoms with Gasteiger partial charge in [-0.25, -0.2) is 0 Å². The number of rotatable bonds is 5. The number of ether oxygens (including phenoxy) is 3. The normalized spacial score (nSPS) is 32.0. The van der Waals surface area contributed by atoms with E-state index in [-0.39, 0.29) is 18.1 Å². The van der Waals surface area contributed by atoms with E-state index in [1.54, 1.807) is 12.1 Å². The van der Waals surface area contributed by atoms with Crippen LogP contribution >= 0.6 is 0 Å². The summed E-state index contributed by atoms with van der Waals surface area (Å²) in [5.74, 6) is 0.258. The first-order valence-corrected chi connectivity index (χ1v) is 6.76. The molecule has 5 atom stereocenters. The number of methoxy groups -OCH3 is 1. The molecule has 22 heavy (non-hydrogen) atoms. The maximum atomic E-state index is 9.84. The van der Waals surface area contributed by atoms with Gasteiger partial charge in [0, 0.05) is 0 Å². The van der Waals surface area contributed by atoms with Gasteiger partial charge >= 0.3 is 0 Å². The van der Waals surface area contributed by atoms with Gasteiger partial charge in [0.15, 0.2) is 17.8 Å². The SMILES string of the molecule is COc1cc(CO[C@H]2O[C@H](CO)[C@@H](O)[C@H](O)[C@H]2O)ccc1O. The highest BCUT2D eigenvalue weighted by atomic mass is 16.7. The highest BCUT2D eigenvalue weighted by molar-refractivity contribution is 5.41. The number of hydrogen-bond donors (Lipinski definition) is 5. The van der Waals surface area contributed by atoms with Crippen LogP contribution in [0.25, 0.3) is 0 Å². The fraction of sp³-hybridized carbons (Fsp3) is 0.571. The zero-order chi connectivity index (χ0) is 16.3. The molecular formula is C14H20O8. The minimum absolute atomic E-state index is 0.0132. The van der Waals surface area contributed by atoms with Crippen LogP contribution in [0.1, 0.15) is 5.56 Å². The van der Waals surface area contributed by atoms with Crippen molar-refractivity contribution in [3.63, 3.8) is 0 Å². The summed E-state index contributed by atoms with van der Waals surface area (Å²) in [6, 6.07) is 4.59. The number of benzene rings is 1. The summed E-state index contributed by atoms with van der Waals surface area (Å²) in [6.45, 7) is -0.503. The quantitative estimate of drug-likeness (QED) is 0.454. The molecule has 1 saturated heterocycles. The van der Waals surface area contributed by atoms with Crippen LogP contribution in [0, 0.1) is 0 Å². The standard InChI is InChI=1S/C14H20O8/c1-20-9-4-7(2-3-8(9)16)6-21-14-13(19)12(18)11(17)10(5-15)22-14/h2-4,10-19H,5-6H2,1H3/t10-,11-,12+,13-,14+/m1/s1. The molecule has 0 aromatic heterocycles. The molecule has 0 saturated carbocycles. The van der Waals surface area contributed by atoms with Gasteiger partial charge in [0.25, 0.3) is 0 Å². The lowest BCUT2D eigenvalue weighted by Gasteiger charge is -2.39. The van der Waals surface area contributed by atoms with E-state index in [4.69, 9.17) is 19.3 Å². The molecule has 1 aromatic carbocycles. The Balaban J connectivity index is 2.01. The van der Waals surface area contributed by atoms with Crippen molar-refractivity contribution in [3.8, 4) is 11.5 Å². The second-order valence-electron chi connectivity index (χ2n) is 5.01. The van der Waals surface area contributed by atoms with E-state index in [1.165, 1.54) is 13.2 Å². The van der Waals surface area contributed by atoms with Gasteiger partial charge in [-0.2, -0.15) is 0 Å². The maximum Gasteiger partial charge on any atom is 0.187 e. The molecular weight excluding hydrogens is 296 g/mol. The van der Waals surface area contributed by atoms with Crippen LogP contribution in [0.15, 0.2) is 18.2 Å². The summed E-state index contributed by atoms with van der Waals surface area (Å²) in [5.41, 5.74) is 0.645. The van der Waals surface area contributed by atoms with Gasteiger partial charge in [-0.1, -0.05) is 6.07 Å². The zero-order valence-electron chi connectivity index (χ0n) is 12.0. The Labute approximate surface area is 127 Å². The summed E-state index contributed by atoms with van der Waals surface area (Å²) in [7, 11) is 1.41. The van der Waals surface area contributed by atoms with Crippen molar-refractivity contribution >= 4 is 0 Å². The van der Waals surface area contributed by atoms with Gasteiger partial charge in [-0.15, -0.1) is 0 Å². The fourth-order valence-electron chi connectivity index (χ4n) is 2.20. The topological polar surface area (TPSA) is 129 Å². The molecule has 1 heterocycles. The number of phenolic OH excluding ortho intramolecular Hbond substituents is 1. The van der Waals surface area contributed by atoms with Crippen LogP contribution in [0.5, 0.6) is 11.5 Å². The molecule has 5 N–H and O–H groups in total. The van der Waals surface area contributed by atoms with Crippen LogP contribution in [0.3, 0.4) is 0 Å². The third-order valence-electron chi connectivity index (χ3n) is 3.51. The van der Waals surface area contributed by atoms with E-state index in [2.05, 4.69) is 0 Å². The predicted molar refractivity (Wildman–Crippen MR) is 73.2 cm³/mol. The van der Waals surface area contributed by atoms with E-state index < -0.39 is 37.3 Å². The fourth-order valence-corrected chi connectivity index (χ4v) is 2.20. The summed E-state index contributed by atoms with van der Waals surface area (Å²) in [4.78, 5) is 0. The highest BCUT2D eigenvalue weighted by Gasteiger charge is 2.43. The van der Waals surface area contributed by atoms with E-state index in [0.717, 1.165) is 0 Å². The van der Waals surface area contributed by atoms with Crippen LogP contribution in [-0.2, 0) is 16.1 Å². The Morgan fingerprint density at radius 2 is 1.86 bits per heavy atom. The van der Waals surface area contributed by atoms with Crippen molar-refractivity contribution in [1.29, 1.82) is 0 Å². The molecule has 1 aliphatic heterocycles. The van der Waals surface area contributed by atoms with Gasteiger partial charge in [0.2, 0.25) is 0 Å². The number of aliphatic hydroxyl groups is 4. The van der Waals surface area contributed by atoms with Crippen molar-refractivity contribution < 1.29 is 39.7 Å². The molecule has 2 rings (SSSR count). The highest BCUT2D eigenvalue weighted by Crippen LogP contribution is 2.28. The lowest BCUT2D eigenvalue weighted by molar-refractivity contribution is -0.304. The molecule has 1 aromatic rings. The Morgan fingerprint density at radius 3 is 2.50 bits per heavy atom. The van der Waals surface area contributed by atoms with Gasteiger partial charge < -0.3 is 39.7 Å². The Bertz CT molecular complexity index is 492. The number of phenols is 1. The summed E-state index contributed by atoms with van der Waals surface area (Å²) in [6.07, 6.45) is -6.57. The lowest BCUT2D eigenvalue weighted by atomic mass is 9.99. The van der Waals surface area contributed by atoms with Gasteiger partial charge in [-0.3, -0.25) is 0 Å². The van der Waals surface area contributed by atoms with Crippen molar-refractivity contribution in [1.82, 2.24) is 0 Å². The molecule has 0 bridgehead atoms. The lowest BCUT2D eigenvalue weighted by Crippen LogP contribution is -2.59. The Hall–Kier alpha value is -1.42. The van der Waals surface area contributed by atoms with Gasteiger partial charge in [0.1, 0.15) is 24.4 Å². The predicted octanol–water partition coefficient (Wildman–Crippen LogP) is -1.28. The molecule has 8 nitrogen and oxygen atoms in total. The van der Waals surface area contributed by atoms with Crippen LogP contribution in [0.4, 0.5) is 0 Å². The Morgan fingerprint density at radius 1 is 1.14 bits per heavy atom. The van der Waals surface area contributed by atoms with Crippen LogP contribution in [0.2, 0.25) is 0 Å². The first-order chi connectivity index (χ1) is 10.5. The summed E-state index contributed by atoms with van der Waals surface area (Å²) >= 11 is 0. The molecule has 124 valence electrons. The van der Waals surface area contributed by atoms with E-state index in [1.807, 2.05) is 0 Å². The molecule has 0 unspecified atom stereocenters. The van der Waals surface area contributed by atoms with Gasteiger partial charge in [0.05, 0.1) is 20.3 Å². The van der Waals surface area contributed by atoms with Gasteiger partial charge in [-0.05, 0) is 17.7 Å². The summed E-state index contributed by atoms with van der Waals surface area (Å²) < 4.78 is 15.6. The minimum atomic E-state index is -1.48. The van der Waals surface area contributed by atoms with E-state index in [9.17, 15) is 20.4 Å². The van der Waals surface area contributed by atoms with Crippen LogP contribution in [-0.4, -0.2) is 70.0 Å².